The third-order valence-electron chi connectivity index (χ3n) is 6.63. The Labute approximate surface area is 191 Å². The smallest absolute Gasteiger partial charge is 0.0995 e. The van der Waals surface area contributed by atoms with Crippen LogP contribution in [-0.2, 0) is 6.54 Å². The number of nitrogens with one attached hydrogen (secondary N) is 1. The van der Waals surface area contributed by atoms with Gasteiger partial charge in [-0.05, 0) is 74.0 Å². The van der Waals surface area contributed by atoms with E-state index in [0.29, 0.717) is 6.04 Å². The number of piperazine rings is 1. The van der Waals surface area contributed by atoms with Crippen LogP contribution >= 0.6 is 11.6 Å². The van der Waals surface area contributed by atoms with E-state index >= 15 is 0 Å². The number of rotatable bonds is 7. The van der Waals surface area contributed by atoms with Crippen molar-refractivity contribution in [1.82, 2.24) is 9.80 Å². The Balaban J connectivity index is 1.35. The summed E-state index contributed by atoms with van der Waals surface area (Å²) < 4.78 is 0. The van der Waals surface area contributed by atoms with Gasteiger partial charge in [0.15, 0.2) is 0 Å². The van der Waals surface area contributed by atoms with Crippen molar-refractivity contribution in [1.29, 1.82) is 5.26 Å². The standard InChI is InChI=1S/C25H32ClN5/c1-2-30-11-3-4-25(30)18-28-23-8-5-20(17-27)21(16-23)19-29-12-14-31(15-13-29)24-9-6-22(26)7-10-24/h5-10,16,25,28H,2-4,11-15,18-19H2,1H3. The Hall–Kier alpha value is -2.26. The fourth-order valence-corrected chi connectivity index (χ4v) is 4.90. The highest BCUT2D eigenvalue weighted by atomic mass is 35.5. The molecular formula is C25H32ClN5. The Bertz CT molecular complexity index is 899. The minimum absolute atomic E-state index is 0.616. The predicted octanol–water partition coefficient (Wildman–Crippen LogP) is 4.43. The zero-order chi connectivity index (χ0) is 21.6. The minimum atomic E-state index is 0.616. The Morgan fingerprint density at radius 1 is 1.06 bits per heavy atom. The second kappa shape index (κ2) is 10.4. The van der Waals surface area contributed by atoms with Crippen molar-refractivity contribution < 1.29 is 0 Å². The van der Waals surface area contributed by atoms with Gasteiger partial charge in [0.2, 0.25) is 0 Å². The van der Waals surface area contributed by atoms with E-state index < -0.39 is 0 Å². The van der Waals surface area contributed by atoms with E-state index in [1.54, 1.807) is 0 Å². The number of benzene rings is 2. The highest BCUT2D eigenvalue weighted by Crippen LogP contribution is 2.23. The molecule has 0 bridgehead atoms. The molecule has 0 radical (unpaired) electrons. The van der Waals surface area contributed by atoms with Gasteiger partial charge in [0.05, 0.1) is 11.6 Å². The third-order valence-corrected chi connectivity index (χ3v) is 6.88. The average Bonchev–Trinajstić information content (AvgIpc) is 3.27. The van der Waals surface area contributed by atoms with Crippen LogP contribution in [-0.4, -0.2) is 61.7 Å². The summed E-state index contributed by atoms with van der Waals surface area (Å²) in [6.45, 7) is 10.3. The first-order valence-electron chi connectivity index (χ1n) is 11.4. The molecule has 0 spiro atoms. The summed E-state index contributed by atoms with van der Waals surface area (Å²) in [4.78, 5) is 7.40. The summed E-state index contributed by atoms with van der Waals surface area (Å²) >= 11 is 6.02. The Kier molecular flexibility index (Phi) is 7.34. The normalized spacial score (nSPS) is 20.0. The quantitative estimate of drug-likeness (QED) is 0.694. The number of hydrogen-bond acceptors (Lipinski definition) is 5. The van der Waals surface area contributed by atoms with Gasteiger partial charge in [-0.3, -0.25) is 9.80 Å². The highest BCUT2D eigenvalue weighted by molar-refractivity contribution is 6.30. The van der Waals surface area contributed by atoms with Gasteiger partial charge >= 0.3 is 0 Å². The molecule has 5 nitrogen and oxygen atoms in total. The third kappa shape index (κ3) is 5.51. The number of likely N-dealkylation sites (N-methyl/N-ethyl adjacent to an activating group) is 1. The van der Waals surface area contributed by atoms with Crippen molar-refractivity contribution in [2.75, 3.05) is 56.0 Å². The first-order valence-corrected chi connectivity index (χ1v) is 11.8. The summed E-state index contributed by atoms with van der Waals surface area (Å²) in [6.07, 6.45) is 2.56. The van der Waals surface area contributed by atoms with Gasteiger partial charge in [-0.15, -0.1) is 0 Å². The molecule has 2 aliphatic heterocycles. The lowest BCUT2D eigenvalue weighted by atomic mass is 10.1. The maximum Gasteiger partial charge on any atom is 0.0995 e. The zero-order valence-corrected chi connectivity index (χ0v) is 19.1. The molecule has 2 fully saturated rings. The molecule has 164 valence electrons. The Morgan fingerprint density at radius 2 is 1.84 bits per heavy atom. The van der Waals surface area contributed by atoms with E-state index in [9.17, 15) is 5.26 Å². The van der Waals surface area contributed by atoms with Crippen molar-refractivity contribution in [3.8, 4) is 6.07 Å². The molecule has 1 atom stereocenters. The van der Waals surface area contributed by atoms with E-state index in [4.69, 9.17) is 11.6 Å². The maximum atomic E-state index is 9.61. The summed E-state index contributed by atoms with van der Waals surface area (Å²) in [6, 6.07) is 17.3. The molecular weight excluding hydrogens is 406 g/mol. The molecule has 0 amide bonds. The molecule has 0 aromatic heterocycles. The van der Waals surface area contributed by atoms with E-state index in [1.165, 1.54) is 25.1 Å². The molecule has 2 aromatic rings. The van der Waals surface area contributed by atoms with Crippen LogP contribution in [0, 0.1) is 11.3 Å². The SMILES string of the molecule is CCN1CCCC1CNc1ccc(C#N)c(CN2CCN(c3ccc(Cl)cc3)CC2)c1. The number of hydrogen-bond donors (Lipinski definition) is 1. The number of anilines is 2. The lowest BCUT2D eigenvalue weighted by Gasteiger charge is -2.36. The first kappa shape index (κ1) is 22.0. The molecule has 2 saturated heterocycles. The van der Waals surface area contributed by atoms with Crippen molar-refractivity contribution in [3.63, 3.8) is 0 Å². The van der Waals surface area contributed by atoms with Crippen LogP contribution in [0.5, 0.6) is 0 Å². The topological polar surface area (TPSA) is 45.5 Å². The second-order valence-corrected chi connectivity index (χ2v) is 8.97. The molecule has 4 rings (SSSR count). The van der Waals surface area contributed by atoms with Crippen molar-refractivity contribution in [2.45, 2.75) is 32.4 Å². The van der Waals surface area contributed by atoms with Crippen LogP contribution in [0.25, 0.3) is 0 Å². The van der Waals surface area contributed by atoms with E-state index in [2.05, 4.69) is 51.2 Å². The van der Waals surface area contributed by atoms with Crippen LogP contribution < -0.4 is 10.2 Å². The van der Waals surface area contributed by atoms with Gasteiger partial charge < -0.3 is 10.2 Å². The lowest BCUT2D eigenvalue weighted by molar-refractivity contribution is 0.249. The van der Waals surface area contributed by atoms with Crippen molar-refractivity contribution in [2.24, 2.45) is 0 Å². The largest absolute Gasteiger partial charge is 0.383 e. The summed E-state index contributed by atoms with van der Waals surface area (Å²) in [5, 5.41) is 14.0. The minimum Gasteiger partial charge on any atom is -0.383 e. The van der Waals surface area contributed by atoms with Gasteiger partial charge in [-0.2, -0.15) is 5.26 Å². The van der Waals surface area contributed by atoms with Crippen LogP contribution in [0.2, 0.25) is 5.02 Å². The van der Waals surface area contributed by atoms with Crippen LogP contribution in [0.4, 0.5) is 11.4 Å². The van der Waals surface area contributed by atoms with Crippen molar-refractivity contribution >= 4 is 23.0 Å². The summed E-state index contributed by atoms with van der Waals surface area (Å²) in [5.74, 6) is 0. The predicted molar refractivity (Wildman–Crippen MR) is 129 cm³/mol. The van der Waals surface area contributed by atoms with Crippen molar-refractivity contribution in [3.05, 3.63) is 58.6 Å². The fraction of sp³-hybridized carbons (Fsp3) is 0.480. The van der Waals surface area contributed by atoms with Crippen LogP contribution in [0.3, 0.4) is 0 Å². The molecule has 0 saturated carbocycles. The zero-order valence-electron chi connectivity index (χ0n) is 18.4. The highest BCUT2D eigenvalue weighted by Gasteiger charge is 2.23. The lowest BCUT2D eigenvalue weighted by Crippen LogP contribution is -2.46. The van der Waals surface area contributed by atoms with E-state index in [-0.39, 0.29) is 0 Å². The van der Waals surface area contributed by atoms with E-state index in [1.807, 2.05) is 24.3 Å². The molecule has 31 heavy (non-hydrogen) atoms. The van der Waals surface area contributed by atoms with Crippen LogP contribution in [0.15, 0.2) is 42.5 Å². The van der Waals surface area contributed by atoms with Crippen LogP contribution in [0.1, 0.15) is 30.9 Å². The second-order valence-electron chi connectivity index (χ2n) is 8.53. The molecule has 2 aromatic carbocycles. The summed E-state index contributed by atoms with van der Waals surface area (Å²) in [5.41, 5.74) is 4.24. The van der Waals surface area contributed by atoms with E-state index in [0.717, 1.165) is 67.7 Å². The average molecular weight is 438 g/mol. The number of nitrogens with zero attached hydrogens (tertiary/aromatic N) is 4. The van der Waals surface area contributed by atoms with Gasteiger partial charge in [-0.25, -0.2) is 0 Å². The first-order chi connectivity index (χ1) is 15.2. The monoisotopic (exact) mass is 437 g/mol. The molecule has 6 heteroatoms. The molecule has 1 unspecified atom stereocenters. The Morgan fingerprint density at radius 3 is 2.55 bits per heavy atom. The molecule has 1 N–H and O–H groups in total. The molecule has 2 heterocycles. The number of likely N-dealkylation sites (tertiary alicyclic amines) is 1. The number of nitriles is 1. The molecule has 2 aliphatic rings. The molecule has 0 aliphatic carbocycles. The maximum absolute atomic E-state index is 9.61. The fourth-order valence-electron chi connectivity index (χ4n) is 4.78. The number of halogens is 1. The van der Waals surface area contributed by atoms with Gasteiger partial charge in [-0.1, -0.05) is 18.5 Å². The van der Waals surface area contributed by atoms with Gasteiger partial charge in [0.25, 0.3) is 0 Å². The van der Waals surface area contributed by atoms with Gasteiger partial charge in [0, 0.05) is 61.7 Å². The summed E-state index contributed by atoms with van der Waals surface area (Å²) in [7, 11) is 0. The van der Waals surface area contributed by atoms with Gasteiger partial charge in [0.1, 0.15) is 0 Å².